The summed E-state index contributed by atoms with van der Waals surface area (Å²) in [6.45, 7) is 1.33. The fourth-order valence-electron chi connectivity index (χ4n) is 3.92. The minimum atomic E-state index is -0.153. The summed E-state index contributed by atoms with van der Waals surface area (Å²) in [6.07, 6.45) is 7.40. The zero-order valence-corrected chi connectivity index (χ0v) is 18.5. The lowest BCUT2D eigenvalue weighted by atomic mass is 9.95. The number of carbonyl (C=O) groups is 2. The number of piperidine rings is 1. The molecule has 2 N–H and O–H groups in total. The molecule has 6 nitrogen and oxygen atoms in total. The van der Waals surface area contributed by atoms with E-state index in [2.05, 4.69) is 15.6 Å². The highest BCUT2D eigenvalue weighted by molar-refractivity contribution is 7.23. The summed E-state index contributed by atoms with van der Waals surface area (Å²) in [5.41, 5.74) is 0.437. The van der Waals surface area contributed by atoms with Crippen LogP contribution < -0.4 is 10.6 Å². The molecule has 0 aromatic carbocycles. The molecule has 156 valence electrons. The second-order valence-corrected chi connectivity index (χ2v) is 10.2. The van der Waals surface area contributed by atoms with Gasteiger partial charge in [-0.05, 0) is 37.8 Å². The number of likely N-dealkylation sites (tertiary alicyclic amines) is 1. The molecule has 0 bridgehead atoms. The highest BCUT2D eigenvalue weighted by Crippen LogP contribution is 2.33. The van der Waals surface area contributed by atoms with Gasteiger partial charge in [-0.2, -0.15) is 0 Å². The van der Waals surface area contributed by atoms with E-state index in [4.69, 9.17) is 11.6 Å². The van der Waals surface area contributed by atoms with Crippen LogP contribution in [0.3, 0.4) is 0 Å². The molecule has 1 aliphatic heterocycles. The number of nitrogens with zero attached hydrogens (tertiary/aromatic N) is 2. The lowest BCUT2D eigenvalue weighted by molar-refractivity contribution is 0.0913. The van der Waals surface area contributed by atoms with E-state index in [0.29, 0.717) is 29.2 Å². The van der Waals surface area contributed by atoms with Gasteiger partial charge in [-0.1, -0.05) is 30.9 Å². The van der Waals surface area contributed by atoms with Gasteiger partial charge in [0, 0.05) is 30.6 Å². The zero-order chi connectivity index (χ0) is 20.2. The topological polar surface area (TPSA) is 74.3 Å². The third-order valence-corrected chi connectivity index (χ3v) is 7.81. The van der Waals surface area contributed by atoms with Gasteiger partial charge in [0.15, 0.2) is 0 Å². The summed E-state index contributed by atoms with van der Waals surface area (Å²) in [7, 11) is 0. The zero-order valence-electron chi connectivity index (χ0n) is 16.2. The molecule has 0 atom stereocenters. The van der Waals surface area contributed by atoms with Crippen molar-refractivity contribution in [1.82, 2.24) is 20.5 Å². The molecule has 2 aromatic heterocycles. The van der Waals surface area contributed by atoms with Crippen molar-refractivity contribution in [2.45, 2.75) is 57.0 Å². The molecule has 29 heavy (non-hydrogen) atoms. The number of thiophene rings is 1. The van der Waals surface area contributed by atoms with Crippen LogP contribution >= 0.6 is 34.3 Å². The van der Waals surface area contributed by atoms with Gasteiger partial charge in [0.1, 0.15) is 10.7 Å². The van der Waals surface area contributed by atoms with Crippen molar-refractivity contribution in [3.8, 4) is 9.88 Å². The molecule has 3 heterocycles. The highest BCUT2D eigenvalue weighted by Gasteiger charge is 2.26. The number of amides is 3. The van der Waals surface area contributed by atoms with E-state index < -0.39 is 0 Å². The number of hydrogen-bond acceptors (Lipinski definition) is 5. The van der Waals surface area contributed by atoms with Crippen LogP contribution in [0.25, 0.3) is 9.88 Å². The van der Waals surface area contributed by atoms with E-state index >= 15 is 0 Å². The molecule has 2 fully saturated rings. The van der Waals surface area contributed by atoms with Crippen LogP contribution in [0, 0.1) is 0 Å². The molecule has 0 unspecified atom stereocenters. The maximum atomic E-state index is 12.6. The Morgan fingerprint density at radius 2 is 1.76 bits per heavy atom. The second kappa shape index (κ2) is 9.45. The molecule has 1 saturated heterocycles. The molecule has 1 saturated carbocycles. The van der Waals surface area contributed by atoms with Crippen molar-refractivity contribution in [3.05, 3.63) is 27.5 Å². The van der Waals surface area contributed by atoms with Crippen LogP contribution in [0.5, 0.6) is 0 Å². The quantitative estimate of drug-likeness (QED) is 0.702. The third-order valence-electron chi connectivity index (χ3n) is 5.57. The van der Waals surface area contributed by atoms with Crippen LogP contribution in [0.1, 0.15) is 55.4 Å². The fraction of sp³-hybridized carbons (Fsp3) is 0.550. The Morgan fingerprint density at radius 3 is 2.45 bits per heavy atom. The SMILES string of the molecule is O=C(NC1CCN(C(=O)NC2CCCCC2)CC1)c1csc(-c2ccc(Cl)s2)n1. The number of rotatable bonds is 4. The Morgan fingerprint density at radius 1 is 1.03 bits per heavy atom. The van der Waals surface area contributed by atoms with Crippen LogP contribution in [0.2, 0.25) is 4.34 Å². The van der Waals surface area contributed by atoms with E-state index in [1.165, 1.54) is 41.9 Å². The fourth-order valence-corrected chi connectivity index (χ4v) is 5.83. The molecule has 2 aromatic rings. The maximum absolute atomic E-state index is 12.6. The van der Waals surface area contributed by atoms with Crippen LogP contribution in [0.4, 0.5) is 4.79 Å². The summed E-state index contributed by atoms with van der Waals surface area (Å²) in [5, 5.41) is 8.83. The summed E-state index contributed by atoms with van der Waals surface area (Å²) in [6, 6.07) is 4.19. The monoisotopic (exact) mass is 452 g/mol. The number of aromatic nitrogens is 1. The van der Waals surface area contributed by atoms with Gasteiger partial charge in [0.2, 0.25) is 0 Å². The predicted octanol–water partition coefficient (Wildman–Crippen LogP) is 4.76. The van der Waals surface area contributed by atoms with Crippen molar-refractivity contribution in [1.29, 1.82) is 0 Å². The van der Waals surface area contributed by atoms with Crippen LogP contribution in [-0.4, -0.2) is 47.0 Å². The van der Waals surface area contributed by atoms with E-state index in [-0.39, 0.29) is 18.0 Å². The van der Waals surface area contributed by atoms with E-state index in [1.54, 1.807) is 5.38 Å². The molecule has 3 amide bonds. The normalized spacial score (nSPS) is 18.6. The van der Waals surface area contributed by atoms with Crippen molar-refractivity contribution >= 4 is 46.2 Å². The van der Waals surface area contributed by atoms with Crippen molar-refractivity contribution in [3.63, 3.8) is 0 Å². The van der Waals surface area contributed by atoms with Crippen molar-refractivity contribution in [2.75, 3.05) is 13.1 Å². The van der Waals surface area contributed by atoms with Crippen LogP contribution in [0.15, 0.2) is 17.5 Å². The first-order valence-corrected chi connectivity index (χ1v) is 12.2. The summed E-state index contributed by atoms with van der Waals surface area (Å²) in [4.78, 5) is 32.3. The molecule has 2 aliphatic rings. The van der Waals surface area contributed by atoms with E-state index in [1.807, 2.05) is 17.0 Å². The second-order valence-electron chi connectivity index (χ2n) is 7.66. The number of carbonyl (C=O) groups excluding carboxylic acids is 2. The van der Waals surface area contributed by atoms with Crippen molar-refractivity contribution < 1.29 is 9.59 Å². The Bertz CT molecular complexity index is 854. The molecule has 9 heteroatoms. The van der Waals surface area contributed by atoms with Gasteiger partial charge in [0.05, 0.1) is 9.21 Å². The molecule has 4 rings (SSSR count). The average Bonchev–Trinajstić information content (AvgIpc) is 3.38. The minimum Gasteiger partial charge on any atom is -0.348 e. The van der Waals surface area contributed by atoms with Gasteiger partial charge in [-0.15, -0.1) is 22.7 Å². The first kappa shape index (κ1) is 20.6. The lowest BCUT2D eigenvalue weighted by Crippen LogP contribution is -2.51. The number of halogens is 1. The molecular weight excluding hydrogens is 428 g/mol. The van der Waals surface area contributed by atoms with E-state index in [0.717, 1.165) is 35.6 Å². The Labute approximate surface area is 183 Å². The highest BCUT2D eigenvalue weighted by atomic mass is 35.5. The Balaban J connectivity index is 1.24. The van der Waals surface area contributed by atoms with Crippen molar-refractivity contribution in [2.24, 2.45) is 0 Å². The van der Waals surface area contributed by atoms with Gasteiger partial charge in [-0.25, -0.2) is 9.78 Å². The molecule has 0 spiro atoms. The predicted molar refractivity (Wildman–Crippen MR) is 118 cm³/mol. The van der Waals surface area contributed by atoms with Gasteiger partial charge >= 0.3 is 6.03 Å². The number of urea groups is 1. The first-order chi connectivity index (χ1) is 14.1. The summed E-state index contributed by atoms with van der Waals surface area (Å²) in [5.74, 6) is -0.153. The Hall–Kier alpha value is -1.64. The van der Waals surface area contributed by atoms with Gasteiger partial charge in [0.25, 0.3) is 5.91 Å². The first-order valence-electron chi connectivity index (χ1n) is 10.2. The summed E-state index contributed by atoms with van der Waals surface area (Å²) < 4.78 is 0.709. The summed E-state index contributed by atoms with van der Waals surface area (Å²) >= 11 is 8.88. The molecule has 1 aliphatic carbocycles. The lowest BCUT2D eigenvalue weighted by Gasteiger charge is -2.34. The average molecular weight is 453 g/mol. The minimum absolute atomic E-state index is 0.0421. The number of hydrogen-bond donors (Lipinski definition) is 2. The molecular formula is C20H25ClN4O2S2. The van der Waals surface area contributed by atoms with Crippen LogP contribution in [-0.2, 0) is 0 Å². The van der Waals surface area contributed by atoms with Gasteiger partial charge in [-0.3, -0.25) is 4.79 Å². The van der Waals surface area contributed by atoms with Gasteiger partial charge < -0.3 is 15.5 Å². The Kier molecular flexibility index (Phi) is 6.72. The smallest absolute Gasteiger partial charge is 0.317 e. The maximum Gasteiger partial charge on any atom is 0.317 e. The third kappa shape index (κ3) is 5.29. The standard InChI is InChI=1S/C20H25ClN4O2S2/c21-17-7-6-16(29-17)19-24-15(12-28-19)18(26)22-14-8-10-25(11-9-14)20(27)23-13-4-2-1-3-5-13/h6-7,12-14H,1-5,8-11H2,(H,22,26)(H,23,27). The molecule has 0 radical (unpaired) electrons. The number of nitrogens with one attached hydrogen (secondary N) is 2. The largest absolute Gasteiger partial charge is 0.348 e. The number of thiazole rings is 1. The van der Waals surface area contributed by atoms with E-state index in [9.17, 15) is 9.59 Å².